The van der Waals surface area contributed by atoms with E-state index in [1.54, 1.807) is 17.9 Å². The van der Waals surface area contributed by atoms with Crippen LogP contribution in [0.4, 0.5) is 0 Å². The summed E-state index contributed by atoms with van der Waals surface area (Å²) in [4.78, 5) is 25.9. The van der Waals surface area contributed by atoms with Gasteiger partial charge < -0.3 is 14.7 Å². The van der Waals surface area contributed by atoms with Gasteiger partial charge in [0.1, 0.15) is 5.75 Å². The number of carboxylic acid groups (broad SMARTS) is 1. The van der Waals surface area contributed by atoms with Crippen LogP contribution in [-0.4, -0.2) is 41.1 Å². The Labute approximate surface area is 153 Å². The molecule has 26 heavy (non-hydrogen) atoms. The van der Waals surface area contributed by atoms with Gasteiger partial charge in [-0.3, -0.25) is 9.59 Å². The number of likely N-dealkylation sites (tertiary alicyclic amines) is 1. The van der Waals surface area contributed by atoms with Crippen LogP contribution in [0.2, 0.25) is 0 Å². The van der Waals surface area contributed by atoms with E-state index in [0.717, 1.165) is 16.9 Å². The number of rotatable bonds is 5. The van der Waals surface area contributed by atoms with Gasteiger partial charge in [0.15, 0.2) is 0 Å². The van der Waals surface area contributed by atoms with Gasteiger partial charge in [-0.15, -0.1) is 0 Å². The third-order valence-corrected chi connectivity index (χ3v) is 4.94. The maximum Gasteiger partial charge on any atom is 0.308 e. The minimum atomic E-state index is -0.841. The standard InChI is InChI=1S/C21H23NO4/c1-3-26-19-10-5-4-9-18(19)15-7-6-8-16(13-15)20(23)22-12-11-17(14(22)2)21(24)25/h4-10,13-14,17H,3,11-12H2,1-2H3,(H,24,25). The Kier molecular flexibility index (Phi) is 5.26. The molecule has 1 heterocycles. The fourth-order valence-corrected chi connectivity index (χ4v) is 3.53. The first-order valence-corrected chi connectivity index (χ1v) is 8.89. The van der Waals surface area contributed by atoms with Crippen molar-refractivity contribution in [1.82, 2.24) is 4.90 Å². The second-order valence-corrected chi connectivity index (χ2v) is 6.48. The van der Waals surface area contributed by atoms with E-state index >= 15 is 0 Å². The van der Waals surface area contributed by atoms with E-state index in [0.29, 0.717) is 25.1 Å². The zero-order valence-corrected chi connectivity index (χ0v) is 15.0. The van der Waals surface area contributed by atoms with Crippen LogP contribution >= 0.6 is 0 Å². The summed E-state index contributed by atoms with van der Waals surface area (Å²) in [6, 6.07) is 14.8. The van der Waals surface area contributed by atoms with Crippen LogP contribution in [0.3, 0.4) is 0 Å². The molecule has 1 fully saturated rings. The first-order valence-electron chi connectivity index (χ1n) is 8.89. The van der Waals surface area contributed by atoms with Crippen LogP contribution in [0.15, 0.2) is 48.5 Å². The Bertz CT molecular complexity index is 817. The number of nitrogens with zero attached hydrogens (tertiary/aromatic N) is 1. The summed E-state index contributed by atoms with van der Waals surface area (Å²) in [6.45, 7) is 4.77. The van der Waals surface area contributed by atoms with E-state index in [1.807, 2.05) is 49.4 Å². The first-order chi connectivity index (χ1) is 12.5. The number of para-hydroxylation sites is 1. The average Bonchev–Trinajstić information content (AvgIpc) is 3.03. The highest BCUT2D eigenvalue weighted by Gasteiger charge is 2.38. The predicted molar refractivity (Wildman–Crippen MR) is 99.3 cm³/mol. The van der Waals surface area contributed by atoms with Crippen molar-refractivity contribution in [3.05, 3.63) is 54.1 Å². The molecule has 1 aliphatic rings. The molecule has 1 amide bonds. The molecule has 1 aliphatic heterocycles. The molecule has 5 nitrogen and oxygen atoms in total. The Balaban J connectivity index is 1.89. The lowest BCUT2D eigenvalue weighted by Crippen LogP contribution is -2.37. The van der Waals surface area contributed by atoms with Gasteiger partial charge in [0.05, 0.1) is 12.5 Å². The fourth-order valence-electron chi connectivity index (χ4n) is 3.53. The summed E-state index contributed by atoms with van der Waals surface area (Å²) >= 11 is 0. The van der Waals surface area contributed by atoms with Crippen molar-refractivity contribution in [2.24, 2.45) is 5.92 Å². The molecule has 2 aromatic rings. The molecule has 1 saturated heterocycles. The number of aliphatic carboxylic acids is 1. The molecule has 0 aromatic heterocycles. The van der Waals surface area contributed by atoms with Gasteiger partial charge >= 0.3 is 5.97 Å². The molecule has 136 valence electrons. The van der Waals surface area contributed by atoms with Gasteiger partial charge in [-0.1, -0.05) is 30.3 Å². The van der Waals surface area contributed by atoms with Crippen LogP contribution < -0.4 is 4.74 Å². The molecule has 0 bridgehead atoms. The van der Waals surface area contributed by atoms with Crippen molar-refractivity contribution in [3.8, 4) is 16.9 Å². The third-order valence-electron chi connectivity index (χ3n) is 4.94. The highest BCUT2D eigenvalue weighted by atomic mass is 16.5. The number of carboxylic acids is 1. The quantitative estimate of drug-likeness (QED) is 0.890. The lowest BCUT2D eigenvalue weighted by atomic mass is 10.0. The van der Waals surface area contributed by atoms with Crippen molar-refractivity contribution in [1.29, 1.82) is 0 Å². The summed E-state index contributed by atoms with van der Waals surface area (Å²) in [5.74, 6) is -0.690. The summed E-state index contributed by atoms with van der Waals surface area (Å²) in [5.41, 5.74) is 2.40. The number of benzene rings is 2. The van der Waals surface area contributed by atoms with E-state index in [-0.39, 0.29) is 11.9 Å². The summed E-state index contributed by atoms with van der Waals surface area (Å²) in [7, 11) is 0. The molecule has 1 N–H and O–H groups in total. The number of hydrogen-bond acceptors (Lipinski definition) is 3. The van der Waals surface area contributed by atoms with Gasteiger partial charge in [0, 0.05) is 23.7 Å². The van der Waals surface area contributed by atoms with E-state index in [4.69, 9.17) is 4.74 Å². The van der Waals surface area contributed by atoms with Crippen LogP contribution in [0.5, 0.6) is 5.75 Å². The van der Waals surface area contributed by atoms with Gasteiger partial charge in [0.25, 0.3) is 5.91 Å². The minimum absolute atomic E-state index is 0.128. The van der Waals surface area contributed by atoms with Crippen molar-refractivity contribution in [3.63, 3.8) is 0 Å². The van der Waals surface area contributed by atoms with Crippen molar-refractivity contribution in [2.45, 2.75) is 26.3 Å². The van der Waals surface area contributed by atoms with Crippen molar-refractivity contribution < 1.29 is 19.4 Å². The monoisotopic (exact) mass is 353 g/mol. The van der Waals surface area contributed by atoms with Crippen LogP contribution in [0.25, 0.3) is 11.1 Å². The molecule has 0 spiro atoms. The molecule has 2 atom stereocenters. The van der Waals surface area contributed by atoms with Crippen molar-refractivity contribution >= 4 is 11.9 Å². The Morgan fingerprint density at radius 3 is 2.65 bits per heavy atom. The van der Waals surface area contributed by atoms with Gasteiger partial charge in [0.2, 0.25) is 0 Å². The molecule has 2 aromatic carbocycles. The summed E-state index contributed by atoms with van der Waals surface area (Å²) in [5, 5.41) is 9.28. The van der Waals surface area contributed by atoms with Gasteiger partial charge in [-0.25, -0.2) is 0 Å². The average molecular weight is 353 g/mol. The van der Waals surface area contributed by atoms with Crippen molar-refractivity contribution in [2.75, 3.05) is 13.2 Å². The maximum absolute atomic E-state index is 12.9. The molecule has 0 radical (unpaired) electrons. The number of ether oxygens (including phenoxy) is 1. The summed E-state index contributed by atoms with van der Waals surface area (Å²) in [6.07, 6.45) is 0.495. The van der Waals surface area contributed by atoms with E-state index in [9.17, 15) is 14.7 Å². The highest BCUT2D eigenvalue weighted by molar-refractivity contribution is 5.96. The normalized spacial score (nSPS) is 19.4. The molecule has 5 heteroatoms. The Morgan fingerprint density at radius 1 is 1.19 bits per heavy atom. The summed E-state index contributed by atoms with van der Waals surface area (Å²) < 4.78 is 5.69. The predicted octanol–water partition coefficient (Wildman–Crippen LogP) is 3.69. The van der Waals surface area contributed by atoms with E-state index in [1.165, 1.54) is 0 Å². The second-order valence-electron chi connectivity index (χ2n) is 6.48. The number of carbonyl (C=O) groups excluding carboxylic acids is 1. The third kappa shape index (κ3) is 3.43. The smallest absolute Gasteiger partial charge is 0.308 e. The topological polar surface area (TPSA) is 66.8 Å². The second kappa shape index (κ2) is 7.60. The minimum Gasteiger partial charge on any atom is -0.493 e. The fraction of sp³-hybridized carbons (Fsp3) is 0.333. The van der Waals surface area contributed by atoms with E-state index in [2.05, 4.69) is 0 Å². The SMILES string of the molecule is CCOc1ccccc1-c1cccc(C(=O)N2CCC(C(=O)O)C2C)c1. The lowest BCUT2D eigenvalue weighted by molar-refractivity contribution is -0.142. The molecule has 3 rings (SSSR count). The molecule has 2 unspecified atom stereocenters. The molecule has 0 saturated carbocycles. The highest BCUT2D eigenvalue weighted by Crippen LogP contribution is 2.31. The Hall–Kier alpha value is -2.82. The first kappa shape index (κ1) is 18.0. The number of amides is 1. The number of hydrogen-bond donors (Lipinski definition) is 1. The maximum atomic E-state index is 12.9. The van der Waals surface area contributed by atoms with Crippen LogP contribution in [-0.2, 0) is 4.79 Å². The van der Waals surface area contributed by atoms with Crippen LogP contribution in [0, 0.1) is 5.92 Å². The largest absolute Gasteiger partial charge is 0.493 e. The zero-order valence-electron chi connectivity index (χ0n) is 15.0. The van der Waals surface area contributed by atoms with Gasteiger partial charge in [-0.2, -0.15) is 0 Å². The molecular weight excluding hydrogens is 330 g/mol. The molecule has 0 aliphatic carbocycles. The Morgan fingerprint density at radius 2 is 1.96 bits per heavy atom. The lowest BCUT2D eigenvalue weighted by Gasteiger charge is -2.23. The van der Waals surface area contributed by atoms with E-state index < -0.39 is 11.9 Å². The number of carbonyl (C=O) groups is 2. The molecular formula is C21H23NO4. The van der Waals surface area contributed by atoms with Crippen LogP contribution in [0.1, 0.15) is 30.6 Å². The zero-order chi connectivity index (χ0) is 18.7. The van der Waals surface area contributed by atoms with Gasteiger partial charge in [-0.05, 0) is 44.0 Å².